The van der Waals surface area contributed by atoms with Gasteiger partial charge in [0.15, 0.2) is 0 Å². The number of fused-ring (bicyclic) bond motifs is 3. The first-order chi connectivity index (χ1) is 15.1. The second-order valence-corrected chi connectivity index (χ2v) is 12.8. The first-order valence-electron chi connectivity index (χ1n) is 12.0. The normalized spacial score (nSPS) is 15.7. The Labute approximate surface area is 210 Å². The van der Waals surface area contributed by atoms with E-state index in [1.54, 1.807) is 27.4 Å². The molecule has 2 aliphatic carbocycles. The summed E-state index contributed by atoms with van der Waals surface area (Å²) in [6, 6.07) is 16.2. The molecule has 0 nitrogen and oxygen atoms in total. The van der Waals surface area contributed by atoms with Gasteiger partial charge in [-0.1, -0.05) is 76.9 Å². The van der Waals surface area contributed by atoms with Gasteiger partial charge in [-0.15, -0.1) is 46.2 Å². The zero-order valence-corrected chi connectivity index (χ0v) is 23.3. The Kier molecular flexibility index (Phi) is 8.38. The molecule has 5 rings (SSSR count). The number of hydrogen-bond acceptors (Lipinski definition) is 0. The van der Waals surface area contributed by atoms with Crippen molar-refractivity contribution in [1.82, 2.24) is 0 Å². The molecule has 2 aliphatic rings. The molecule has 0 spiro atoms. The van der Waals surface area contributed by atoms with Crippen LogP contribution in [0.15, 0.2) is 60.7 Å². The molecule has 0 aliphatic heterocycles. The van der Waals surface area contributed by atoms with Gasteiger partial charge in [-0.05, 0) is 10.8 Å². The Morgan fingerprint density at radius 2 is 1.28 bits per heavy atom. The second kappa shape index (κ2) is 10.6. The summed E-state index contributed by atoms with van der Waals surface area (Å²) in [5.41, 5.74) is 3.21. The summed E-state index contributed by atoms with van der Waals surface area (Å²) < 4.78 is 1.79. The maximum absolute atomic E-state index is 2.99. The van der Waals surface area contributed by atoms with E-state index in [0.29, 0.717) is 0 Å². The summed E-state index contributed by atoms with van der Waals surface area (Å²) in [4.78, 5) is 0. The summed E-state index contributed by atoms with van der Waals surface area (Å²) >= 11 is 1.68. The molecule has 0 saturated heterocycles. The van der Waals surface area contributed by atoms with Crippen molar-refractivity contribution in [2.24, 2.45) is 0 Å². The van der Waals surface area contributed by atoms with Crippen LogP contribution in [-0.2, 0) is 35.1 Å². The first-order valence-corrected chi connectivity index (χ1v) is 13.2. The van der Waals surface area contributed by atoms with Gasteiger partial charge in [-0.3, -0.25) is 6.08 Å². The van der Waals surface area contributed by atoms with Crippen LogP contribution in [0.5, 0.6) is 0 Å². The van der Waals surface area contributed by atoms with Crippen molar-refractivity contribution in [3.05, 3.63) is 77.9 Å². The molecule has 0 aromatic heterocycles. The van der Waals surface area contributed by atoms with Crippen molar-refractivity contribution < 1.29 is 24.2 Å². The molecule has 1 heteroatoms. The van der Waals surface area contributed by atoms with Crippen LogP contribution >= 0.6 is 0 Å². The van der Waals surface area contributed by atoms with Gasteiger partial charge < -0.3 is 0 Å². The van der Waals surface area contributed by atoms with Crippen LogP contribution < -0.4 is 0 Å². The van der Waals surface area contributed by atoms with E-state index in [2.05, 4.69) is 96.2 Å². The van der Waals surface area contributed by atoms with E-state index in [1.165, 1.54) is 58.4 Å². The molecule has 0 amide bonds. The fraction of sp³-hybridized carbons (Fsp3) is 0.419. The zero-order chi connectivity index (χ0) is 23.4. The van der Waals surface area contributed by atoms with Crippen LogP contribution in [0.2, 0.25) is 0 Å². The van der Waals surface area contributed by atoms with Gasteiger partial charge in [0, 0.05) is 0 Å². The third kappa shape index (κ3) is 6.77. The summed E-state index contributed by atoms with van der Waals surface area (Å²) in [6.07, 6.45) is 15.8. The van der Waals surface area contributed by atoms with Gasteiger partial charge in [0.05, 0.1) is 0 Å². The van der Waals surface area contributed by atoms with E-state index in [4.69, 9.17) is 0 Å². The molecule has 3 aromatic rings. The molecule has 0 bridgehead atoms. The number of hydrogen-bond donors (Lipinski definition) is 0. The van der Waals surface area contributed by atoms with Crippen LogP contribution in [-0.4, -0.2) is 3.21 Å². The molecule has 0 radical (unpaired) electrons. The minimum atomic E-state index is 0.203. The molecule has 0 heterocycles. The number of rotatable bonds is 0. The van der Waals surface area contributed by atoms with Gasteiger partial charge in [0.25, 0.3) is 0 Å². The van der Waals surface area contributed by atoms with Gasteiger partial charge in [-0.2, -0.15) is 6.08 Å². The molecule has 0 unspecified atom stereocenters. The Hall–Kier alpha value is -1.46. The minimum absolute atomic E-state index is 0.203. The quantitative estimate of drug-likeness (QED) is 0.270. The van der Waals surface area contributed by atoms with E-state index in [9.17, 15) is 0 Å². The SMILES string of the molecule is CC(C)(C)c1ccc2c(c1)[cH-]c1cc(C(C)(C)C)ccc12.[C-]1=CC=CC1.[Zr+2]=[C]1CCCC1. The molecule has 0 atom stereocenters. The zero-order valence-electron chi connectivity index (χ0n) is 20.8. The summed E-state index contributed by atoms with van der Waals surface area (Å²) in [7, 11) is 0. The predicted octanol–water partition coefficient (Wildman–Crippen LogP) is 8.89. The molecule has 166 valence electrons. The third-order valence-corrected chi connectivity index (χ3v) is 7.46. The number of benzene rings is 2. The van der Waals surface area contributed by atoms with Crippen LogP contribution in [0.25, 0.3) is 21.5 Å². The van der Waals surface area contributed by atoms with Crippen molar-refractivity contribution in [3.8, 4) is 0 Å². The van der Waals surface area contributed by atoms with E-state index < -0.39 is 0 Å². The summed E-state index contributed by atoms with van der Waals surface area (Å²) in [5.74, 6) is 0. The first kappa shape index (κ1) is 25.2. The monoisotopic (exact) mass is 500 g/mol. The van der Waals surface area contributed by atoms with Gasteiger partial charge in [0.1, 0.15) is 0 Å². The Bertz CT molecular complexity index is 1040. The molecule has 3 aromatic carbocycles. The van der Waals surface area contributed by atoms with Gasteiger partial charge >= 0.3 is 53.1 Å². The molecular formula is C31H38Zr. The van der Waals surface area contributed by atoms with E-state index in [1.807, 2.05) is 12.2 Å². The topological polar surface area (TPSA) is 0 Å². The Morgan fingerprint density at radius 1 is 0.781 bits per heavy atom. The molecule has 1 fully saturated rings. The third-order valence-electron chi connectivity index (χ3n) is 6.23. The maximum atomic E-state index is 2.99. The Balaban J connectivity index is 0.000000213. The van der Waals surface area contributed by atoms with E-state index in [-0.39, 0.29) is 10.8 Å². The standard InChI is InChI=1S/C21H25.C5H8.C5H5.Zr/c1-20(2,3)16-7-9-18-14(12-16)11-15-13-17(21(4,5)6)8-10-19(15)18;2*1-2-4-5-3-1;/h7-13H,1-6H3;1-4H2;1-3H,4H2;/q-1;;-1;+2. The van der Waals surface area contributed by atoms with Crippen LogP contribution in [0.1, 0.15) is 84.8 Å². The summed E-state index contributed by atoms with van der Waals surface area (Å²) in [5, 5.41) is 5.48. The molecule has 32 heavy (non-hydrogen) atoms. The van der Waals surface area contributed by atoms with Gasteiger partial charge in [0.2, 0.25) is 0 Å². The van der Waals surface area contributed by atoms with Crippen molar-refractivity contribution in [2.45, 2.75) is 84.5 Å². The fourth-order valence-electron chi connectivity index (χ4n) is 4.10. The van der Waals surface area contributed by atoms with Crippen molar-refractivity contribution in [2.75, 3.05) is 0 Å². The van der Waals surface area contributed by atoms with Crippen LogP contribution in [0, 0.1) is 6.08 Å². The Morgan fingerprint density at radius 3 is 1.56 bits per heavy atom. The van der Waals surface area contributed by atoms with E-state index in [0.717, 1.165) is 6.42 Å². The fourth-order valence-corrected chi connectivity index (χ4v) is 4.97. The van der Waals surface area contributed by atoms with E-state index >= 15 is 0 Å². The predicted molar refractivity (Wildman–Crippen MR) is 139 cm³/mol. The second-order valence-electron chi connectivity index (χ2n) is 11.1. The van der Waals surface area contributed by atoms with Crippen molar-refractivity contribution in [1.29, 1.82) is 0 Å². The molecule has 0 N–H and O–H groups in total. The van der Waals surface area contributed by atoms with Gasteiger partial charge in [-0.25, -0.2) is 12.2 Å². The van der Waals surface area contributed by atoms with Crippen molar-refractivity contribution >= 4 is 24.8 Å². The van der Waals surface area contributed by atoms with Crippen LogP contribution in [0.3, 0.4) is 0 Å². The number of allylic oxidation sites excluding steroid dienone is 4. The van der Waals surface area contributed by atoms with Crippen molar-refractivity contribution in [3.63, 3.8) is 0 Å². The molecular weight excluding hydrogens is 464 g/mol. The van der Waals surface area contributed by atoms with Crippen LogP contribution in [0.4, 0.5) is 0 Å². The summed E-state index contributed by atoms with van der Waals surface area (Å²) in [6.45, 7) is 13.6. The molecule has 1 saturated carbocycles. The average Bonchev–Trinajstić information content (AvgIpc) is 3.48. The average molecular weight is 502 g/mol.